The Morgan fingerprint density at radius 1 is 1.57 bits per heavy atom. The Labute approximate surface area is 87.7 Å². The molecule has 0 bridgehead atoms. The predicted molar refractivity (Wildman–Crippen MR) is 58.1 cm³/mol. The lowest BCUT2D eigenvalue weighted by atomic mass is 10.1. The van der Waals surface area contributed by atoms with Gasteiger partial charge in [0.05, 0.1) is 11.6 Å². The first-order valence-electron chi connectivity index (χ1n) is 3.92. The van der Waals surface area contributed by atoms with Crippen LogP contribution in [-0.4, -0.2) is 11.1 Å². The number of isothiocyanates is 1. The van der Waals surface area contributed by atoms with Crippen LogP contribution in [0.3, 0.4) is 0 Å². The molecule has 14 heavy (non-hydrogen) atoms. The van der Waals surface area contributed by atoms with Crippen molar-refractivity contribution in [1.29, 1.82) is 0 Å². The minimum Gasteiger partial charge on any atom is -0.271 e. The fourth-order valence-corrected chi connectivity index (χ4v) is 1.14. The summed E-state index contributed by atoms with van der Waals surface area (Å²) in [5, 5.41) is 2.03. The monoisotopic (exact) mass is 201 g/mol. The average Bonchev–Trinajstić information content (AvgIpc) is 2.18. The Morgan fingerprint density at radius 2 is 2.36 bits per heavy atom. The van der Waals surface area contributed by atoms with Crippen molar-refractivity contribution in [3.05, 3.63) is 35.4 Å². The Balaban J connectivity index is 2.83. The summed E-state index contributed by atoms with van der Waals surface area (Å²) in [7, 11) is 0. The minimum absolute atomic E-state index is 0.207. The molecule has 0 N–H and O–H groups in total. The fourth-order valence-electron chi connectivity index (χ4n) is 1.04. The molecule has 68 valence electrons. The molecule has 0 aromatic heterocycles. The van der Waals surface area contributed by atoms with Gasteiger partial charge >= 0.3 is 0 Å². The first-order chi connectivity index (χ1) is 6.76. The summed E-state index contributed by atoms with van der Waals surface area (Å²) in [6.07, 6.45) is 5.43. The lowest BCUT2D eigenvalue weighted by Gasteiger charge is -1.97. The van der Waals surface area contributed by atoms with Gasteiger partial charge in [-0.3, -0.25) is 4.79 Å². The van der Waals surface area contributed by atoms with Crippen LogP contribution >= 0.6 is 12.2 Å². The molecule has 0 unspecified atom stereocenters. The Hall–Kier alpha value is -1.75. The number of carbonyl (C=O) groups is 1. The van der Waals surface area contributed by atoms with Crippen molar-refractivity contribution in [2.24, 2.45) is 4.99 Å². The number of hydrogen-bond acceptors (Lipinski definition) is 2. The zero-order valence-electron chi connectivity index (χ0n) is 7.36. The van der Waals surface area contributed by atoms with Crippen LogP contribution in [0.2, 0.25) is 0 Å². The van der Waals surface area contributed by atoms with Crippen molar-refractivity contribution in [3.8, 4) is 12.3 Å². The molecule has 1 aromatic rings. The second-order valence-corrected chi connectivity index (χ2v) is 2.80. The Morgan fingerprint density at radius 3 is 3.00 bits per heavy atom. The van der Waals surface area contributed by atoms with Gasteiger partial charge in [0.1, 0.15) is 0 Å². The zero-order chi connectivity index (χ0) is 10.4. The fraction of sp³-hybridized carbons (Fsp3) is 0.0909. The van der Waals surface area contributed by atoms with Gasteiger partial charge in [-0.1, -0.05) is 18.1 Å². The number of carbonyl (C=O) groups excluding carboxylic acids is 1. The molecule has 0 saturated heterocycles. The smallest absolute Gasteiger partial charge is 0.258 e. The molecule has 0 radical (unpaired) electrons. The topological polar surface area (TPSA) is 29.4 Å². The van der Waals surface area contributed by atoms with Crippen LogP contribution in [-0.2, 0) is 11.2 Å². The molecule has 2 nitrogen and oxygen atoms in total. The number of aliphatic imine (C=N–C) groups is 1. The van der Waals surface area contributed by atoms with E-state index in [0.29, 0.717) is 0 Å². The highest BCUT2D eigenvalue weighted by atomic mass is 32.1. The second kappa shape index (κ2) is 5.08. The number of thiocarbonyl (C=S) groups is 1. The number of hydrogen-bond donors (Lipinski definition) is 0. The van der Waals surface area contributed by atoms with E-state index in [4.69, 9.17) is 6.42 Å². The molecule has 0 heterocycles. The van der Waals surface area contributed by atoms with Gasteiger partial charge in [-0.15, -0.1) is 6.42 Å². The van der Waals surface area contributed by atoms with Crippen molar-refractivity contribution in [2.75, 3.05) is 0 Å². The highest BCUT2D eigenvalue weighted by Gasteiger charge is 2.00. The summed E-state index contributed by atoms with van der Waals surface area (Å²) in [5.41, 5.74) is 1.58. The van der Waals surface area contributed by atoms with Gasteiger partial charge in [0, 0.05) is 5.56 Å². The molecular formula is C11H7NOS. The summed E-state index contributed by atoms with van der Waals surface area (Å²) < 4.78 is 0. The molecule has 0 aliphatic heterocycles. The van der Waals surface area contributed by atoms with E-state index >= 15 is 0 Å². The largest absolute Gasteiger partial charge is 0.271 e. The number of rotatable bonds is 2. The van der Waals surface area contributed by atoms with E-state index in [-0.39, 0.29) is 12.3 Å². The maximum Gasteiger partial charge on any atom is 0.258 e. The third-order valence-electron chi connectivity index (χ3n) is 1.62. The first kappa shape index (κ1) is 10.3. The van der Waals surface area contributed by atoms with Crippen molar-refractivity contribution >= 4 is 23.3 Å². The molecule has 1 amide bonds. The van der Waals surface area contributed by atoms with Crippen LogP contribution in [0.4, 0.5) is 0 Å². The third-order valence-corrected chi connectivity index (χ3v) is 1.71. The molecule has 1 rings (SSSR count). The number of amides is 1. The van der Waals surface area contributed by atoms with Crippen LogP contribution in [0, 0.1) is 12.3 Å². The summed E-state index contributed by atoms with van der Waals surface area (Å²) in [5.74, 6) is 2.18. The summed E-state index contributed by atoms with van der Waals surface area (Å²) in [6, 6.07) is 7.20. The maximum atomic E-state index is 11.1. The molecule has 1 aromatic carbocycles. The van der Waals surface area contributed by atoms with Crippen molar-refractivity contribution in [1.82, 2.24) is 0 Å². The van der Waals surface area contributed by atoms with Gasteiger partial charge in [-0.2, -0.15) is 4.99 Å². The molecule has 0 fully saturated rings. The van der Waals surface area contributed by atoms with Crippen molar-refractivity contribution in [3.63, 3.8) is 0 Å². The third kappa shape index (κ3) is 2.95. The van der Waals surface area contributed by atoms with Gasteiger partial charge in [0.15, 0.2) is 0 Å². The van der Waals surface area contributed by atoms with Crippen LogP contribution in [0.15, 0.2) is 29.3 Å². The van der Waals surface area contributed by atoms with E-state index in [0.717, 1.165) is 11.1 Å². The predicted octanol–water partition coefficient (Wildman–Crippen LogP) is 1.84. The van der Waals surface area contributed by atoms with Crippen LogP contribution in [0.5, 0.6) is 0 Å². The number of benzene rings is 1. The molecule has 0 atom stereocenters. The van der Waals surface area contributed by atoms with E-state index in [9.17, 15) is 4.79 Å². The quantitative estimate of drug-likeness (QED) is 0.415. The maximum absolute atomic E-state index is 11.1. The number of terminal acetylenes is 1. The highest BCUT2D eigenvalue weighted by molar-refractivity contribution is 7.78. The summed E-state index contributed by atoms with van der Waals surface area (Å²) >= 11 is 4.32. The van der Waals surface area contributed by atoms with Crippen molar-refractivity contribution in [2.45, 2.75) is 6.42 Å². The van der Waals surface area contributed by atoms with E-state index < -0.39 is 0 Å². The average molecular weight is 201 g/mol. The molecular weight excluding hydrogens is 194 g/mol. The Bertz CT molecular complexity index is 439. The summed E-state index contributed by atoms with van der Waals surface area (Å²) in [4.78, 5) is 14.4. The minimum atomic E-state index is -0.311. The molecule has 3 heteroatoms. The Kier molecular flexibility index (Phi) is 3.75. The van der Waals surface area contributed by atoms with Gasteiger partial charge in [-0.25, -0.2) is 0 Å². The van der Waals surface area contributed by atoms with Crippen molar-refractivity contribution < 1.29 is 4.79 Å². The van der Waals surface area contributed by atoms with Gasteiger partial charge in [-0.05, 0) is 29.9 Å². The van der Waals surface area contributed by atoms with Crippen LogP contribution < -0.4 is 0 Å². The van der Waals surface area contributed by atoms with Crippen LogP contribution in [0.1, 0.15) is 11.1 Å². The highest BCUT2D eigenvalue weighted by Crippen LogP contribution is 2.05. The molecule has 0 aliphatic rings. The van der Waals surface area contributed by atoms with Gasteiger partial charge < -0.3 is 0 Å². The number of nitrogens with zero attached hydrogens (tertiary/aromatic N) is 1. The molecule has 0 spiro atoms. The SMILES string of the molecule is C#Cc1cccc(CC(=O)N=C=S)c1. The van der Waals surface area contributed by atoms with E-state index in [1.165, 1.54) is 0 Å². The standard InChI is InChI=1S/C11H7NOS/c1-2-9-4-3-5-10(6-9)7-11(13)12-8-14/h1,3-6H,7H2. The van der Waals surface area contributed by atoms with E-state index in [1.807, 2.05) is 11.2 Å². The van der Waals surface area contributed by atoms with E-state index in [2.05, 4.69) is 23.1 Å². The summed E-state index contributed by atoms with van der Waals surface area (Å²) in [6.45, 7) is 0. The lowest BCUT2D eigenvalue weighted by molar-refractivity contribution is -0.117. The molecule has 0 aliphatic carbocycles. The second-order valence-electron chi connectivity index (χ2n) is 2.62. The van der Waals surface area contributed by atoms with Gasteiger partial charge in [0.2, 0.25) is 0 Å². The molecule has 0 saturated carbocycles. The van der Waals surface area contributed by atoms with Crippen LogP contribution in [0.25, 0.3) is 0 Å². The van der Waals surface area contributed by atoms with E-state index in [1.54, 1.807) is 18.2 Å². The first-order valence-corrected chi connectivity index (χ1v) is 4.33. The lowest BCUT2D eigenvalue weighted by Crippen LogP contribution is -1.98. The van der Waals surface area contributed by atoms with Gasteiger partial charge in [0.25, 0.3) is 5.91 Å². The normalized spacial score (nSPS) is 8.50. The zero-order valence-corrected chi connectivity index (χ0v) is 8.17.